The van der Waals surface area contributed by atoms with Crippen molar-refractivity contribution in [2.75, 3.05) is 11.4 Å². The summed E-state index contributed by atoms with van der Waals surface area (Å²) in [5, 5.41) is 9.83. The maximum absolute atomic E-state index is 13.1. The van der Waals surface area contributed by atoms with Crippen LogP contribution in [0.5, 0.6) is 5.75 Å². The lowest BCUT2D eigenvalue weighted by Crippen LogP contribution is -2.20. The third-order valence-corrected chi connectivity index (χ3v) is 3.76. The van der Waals surface area contributed by atoms with Gasteiger partial charge < -0.3 is 10.0 Å². The van der Waals surface area contributed by atoms with Gasteiger partial charge in [0.2, 0.25) is 0 Å². The molecule has 2 aromatic carbocycles. The van der Waals surface area contributed by atoms with Gasteiger partial charge in [0, 0.05) is 24.3 Å². The molecule has 0 saturated carbocycles. The Balaban J connectivity index is 1.89. The number of aromatic hydroxyl groups is 1. The predicted octanol–water partition coefficient (Wildman–Crippen LogP) is 3.40. The van der Waals surface area contributed by atoms with Gasteiger partial charge in [0.1, 0.15) is 11.6 Å². The van der Waals surface area contributed by atoms with E-state index in [2.05, 4.69) is 4.90 Å². The first kappa shape index (κ1) is 12.0. The average molecular weight is 257 g/mol. The van der Waals surface area contributed by atoms with Crippen LogP contribution in [0, 0.1) is 12.7 Å². The number of hydrogen-bond donors (Lipinski definition) is 1. The second kappa shape index (κ2) is 4.57. The lowest BCUT2D eigenvalue weighted by molar-refractivity contribution is 0.470. The van der Waals surface area contributed by atoms with Crippen LogP contribution in [-0.2, 0) is 13.0 Å². The van der Waals surface area contributed by atoms with Crippen molar-refractivity contribution in [3.8, 4) is 5.75 Å². The number of nitrogens with zero attached hydrogens (tertiary/aromatic N) is 1. The number of fused-ring (bicyclic) bond motifs is 1. The summed E-state index contributed by atoms with van der Waals surface area (Å²) in [6.07, 6.45) is 0.863. The molecule has 0 bridgehead atoms. The van der Waals surface area contributed by atoms with Gasteiger partial charge in [-0.15, -0.1) is 0 Å². The molecule has 2 aromatic rings. The molecule has 0 radical (unpaired) electrons. The van der Waals surface area contributed by atoms with Gasteiger partial charge in [-0.25, -0.2) is 4.39 Å². The van der Waals surface area contributed by atoms with E-state index in [4.69, 9.17) is 0 Å². The fourth-order valence-corrected chi connectivity index (χ4v) is 2.69. The fourth-order valence-electron chi connectivity index (χ4n) is 2.69. The third-order valence-electron chi connectivity index (χ3n) is 3.76. The van der Waals surface area contributed by atoms with Gasteiger partial charge in [-0.2, -0.15) is 0 Å². The summed E-state index contributed by atoms with van der Waals surface area (Å²) < 4.78 is 13.1. The van der Waals surface area contributed by atoms with E-state index in [1.165, 1.54) is 6.07 Å². The Morgan fingerprint density at radius 2 is 2.11 bits per heavy atom. The molecular formula is C16H16FNO. The monoisotopic (exact) mass is 257 g/mol. The maximum atomic E-state index is 13.1. The number of anilines is 1. The molecule has 1 aliphatic heterocycles. The van der Waals surface area contributed by atoms with Crippen LogP contribution >= 0.6 is 0 Å². The van der Waals surface area contributed by atoms with Crippen molar-refractivity contribution in [2.24, 2.45) is 0 Å². The van der Waals surface area contributed by atoms with Crippen molar-refractivity contribution in [3.63, 3.8) is 0 Å². The molecule has 0 unspecified atom stereocenters. The van der Waals surface area contributed by atoms with Crippen molar-refractivity contribution in [1.82, 2.24) is 0 Å². The normalized spacial score (nSPS) is 13.7. The van der Waals surface area contributed by atoms with E-state index in [0.29, 0.717) is 5.75 Å². The number of phenolic OH excluding ortho intramolecular Hbond substituents is 1. The van der Waals surface area contributed by atoms with E-state index < -0.39 is 0 Å². The number of phenols is 1. The van der Waals surface area contributed by atoms with Gasteiger partial charge in [0.15, 0.2) is 0 Å². The number of halogens is 1. The second-order valence-electron chi connectivity index (χ2n) is 5.02. The first-order valence-electron chi connectivity index (χ1n) is 6.46. The van der Waals surface area contributed by atoms with Crippen molar-refractivity contribution < 1.29 is 9.50 Å². The van der Waals surface area contributed by atoms with Gasteiger partial charge in [-0.1, -0.05) is 12.1 Å². The molecule has 0 amide bonds. The second-order valence-corrected chi connectivity index (χ2v) is 5.02. The SMILES string of the molecule is Cc1cc(F)ccc1CN1CCc2c(O)cccc21. The first-order chi connectivity index (χ1) is 9.15. The summed E-state index contributed by atoms with van der Waals surface area (Å²) in [6, 6.07) is 10.5. The molecule has 19 heavy (non-hydrogen) atoms. The largest absolute Gasteiger partial charge is 0.508 e. The minimum absolute atomic E-state index is 0.194. The zero-order valence-electron chi connectivity index (χ0n) is 10.9. The van der Waals surface area contributed by atoms with Crippen LogP contribution in [0.1, 0.15) is 16.7 Å². The van der Waals surface area contributed by atoms with Gasteiger partial charge in [0.05, 0.1) is 0 Å². The van der Waals surface area contributed by atoms with E-state index in [-0.39, 0.29) is 5.82 Å². The van der Waals surface area contributed by atoms with Crippen LogP contribution in [0.3, 0.4) is 0 Å². The Bertz CT molecular complexity index is 624. The third kappa shape index (κ3) is 2.16. The number of rotatable bonds is 2. The van der Waals surface area contributed by atoms with E-state index in [9.17, 15) is 9.50 Å². The number of hydrogen-bond acceptors (Lipinski definition) is 2. The average Bonchev–Trinajstić information content (AvgIpc) is 2.78. The van der Waals surface area contributed by atoms with Crippen molar-refractivity contribution >= 4 is 5.69 Å². The Labute approximate surface area is 112 Å². The van der Waals surface area contributed by atoms with Crippen molar-refractivity contribution in [2.45, 2.75) is 19.9 Å². The maximum Gasteiger partial charge on any atom is 0.123 e. The van der Waals surface area contributed by atoms with E-state index >= 15 is 0 Å². The Hall–Kier alpha value is -2.03. The number of aryl methyl sites for hydroxylation is 1. The van der Waals surface area contributed by atoms with Crippen LogP contribution in [0.25, 0.3) is 0 Å². The highest BCUT2D eigenvalue weighted by atomic mass is 19.1. The highest BCUT2D eigenvalue weighted by molar-refractivity contribution is 5.63. The Morgan fingerprint density at radius 1 is 1.26 bits per heavy atom. The van der Waals surface area contributed by atoms with Crippen LogP contribution < -0.4 is 4.90 Å². The minimum atomic E-state index is -0.194. The smallest absolute Gasteiger partial charge is 0.123 e. The molecule has 0 atom stereocenters. The van der Waals surface area contributed by atoms with Crippen LogP contribution in [0.4, 0.5) is 10.1 Å². The molecular weight excluding hydrogens is 241 g/mol. The molecule has 0 aliphatic carbocycles. The number of benzene rings is 2. The lowest BCUT2D eigenvalue weighted by atomic mass is 10.1. The summed E-state index contributed by atoms with van der Waals surface area (Å²) in [6.45, 7) is 3.57. The molecule has 3 heteroatoms. The Kier molecular flexibility index (Phi) is 2.90. The van der Waals surface area contributed by atoms with E-state index in [1.807, 2.05) is 25.1 Å². The van der Waals surface area contributed by atoms with Gasteiger partial charge in [-0.05, 0) is 48.7 Å². The molecule has 2 nitrogen and oxygen atoms in total. The van der Waals surface area contributed by atoms with Crippen LogP contribution in [0.15, 0.2) is 36.4 Å². The fraction of sp³-hybridized carbons (Fsp3) is 0.250. The minimum Gasteiger partial charge on any atom is -0.508 e. The van der Waals surface area contributed by atoms with Gasteiger partial charge in [-0.3, -0.25) is 0 Å². The first-order valence-corrected chi connectivity index (χ1v) is 6.46. The zero-order valence-corrected chi connectivity index (χ0v) is 10.9. The van der Waals surface area contributed by atoms with Crippen LogP contribution in [0.2, 0.25) is 0 Å². The molecule has 1 heterocycles. The van der Waals surface area contributed by atoms with Crippen molar-refractivity contribution in [3.05, 3.63) is 58.9 Å². The van der Waals surface area contributed by atoms with E-state index in [1.54, 1.807) is 12.1 Å². The summed E-state index contributed by atoms with van der Waals surface area (Å²) in [7, 11) is 0. The quantitative estimate of drug-likeness (QED) is 0.891. The predicted molar refractivity (Wildman–Crippen MR) is 74.0 cm³/mol. The highest BCUT2D eigenvalue weighted by Crippen LogP contribution is 2.35. The topological polar surface area (TPSA) is 23.5 Å². The van der Waals surface area contributed by atoms with Crippen molar-refractivity contribution in [1.29, 1.82) is 0 Å². The molecule has 1 aliphatic rings. The summed E-state index contributed by atoms with van der Waals surface area (Å²) in [4.78, 5) is 2.23. The highest BCUT2D eigenvalue weighted by Gasteiger charge is 2.21. The summed E-state index contributed by atoms with van der Waals surface area (Å²) in [5.74, 6) is 0.177. The standard InChI is InChI=1S/C16H16FNO/c1-11-9-13(17)6-5-12(11)10-18-8-7-14-15(18)3-2-4-16(14)19/h2-6,9,19H,7-8,10H2,1H3. The van der Waals surface area contributed by atoms with Crippen LogP contribution in [-0.4, -0.2) is 11.7 Å². The summed E-state index contributed by atoms with van der Waals surface area (Å²) in [5.41, 5.74) is 4.19. The molecule has 1 N–H and O–H groups in total. The summed E-state index contributed by atoms with van der Waals surface area (Å²) >= 11 is 0. The molecule has 0 aromatic heterocycles. The molecule has 3 rings (SSSR count). The zero-order chi connectivity index (χ0) is 13.4. The van der Waals surface area contributed by atoms with Gasteiger partial charge in [0.25, 0.3) is 0 Å². The molecule has 0 fully saturated rings. The molecule has 0 spiro atoms. The molecule has 98 valence electrons. The molecule has 0 saturated heterocycles. The van der Waals surface area contributed by atoms with Gasteiger partial charge >= 0.3 is 0 Å². The lowest BCUT2D eigenvalue weighted by Gasteiger charge is -2.20. The Morgan fingerprint density at radius 3 is 2.89 bits per heavy atom. The van der Waals surface area contributed by atoms with E-state index in [0.717, 1.165) is 41.9 Å².